The number of alkyl halides is 3. The van der Waals surface area contributed by atoms with E-state index in [1.165, 1.54) is 37.4 Å². The lowest BCUT2D eigenvalue weighted by atomic mass is 10.00. The van der Waals surface area contributed by atoms with E-state index >= 15 is 0 Å². The van der Waals surface area contributed by atoms with Gasteiger partial charge in [0.1, 0.15) is 0 Å². The molecule has 30 heavy (non-hydrogen) atoms. The number of carbonyl (C=O) groups excluding carboxylic acids is 1. The summed E-state index contributed by atoms with van der Waals surface area (Å²) in [6.07, 6.45) is -4.46. The molecule has 1 aliphatic rings. The van der Waals surface area contributed by atoms with Crippen LogP contribution in [-0.4, -0.2) is 21.4 Å². The number of hydrogen-bond donors (Lipinski definition) is 1. The number of sulfonamides is 1. The summed E-state index contributed by atoms with van der Waals surface area (Å²) in [6.45, 7) is 0. The third-order valence-electron chi connectivity index (χ3n) is 4.88. The molecule has 9 heteroatoms. The lowest BCUT2D eigenvalue weighted by molar-refractivity contribution is -0.137. The molecule has 1 aliphatic heterocycles. The summed E-state index contributed by atoms with van der Waals surface area (Å²) in [5.74, 6) is -0.522. The molecule has 3 aromatic carbocycles. The topological polar surface area (TPSA) is 66.5 Å². The van der Waals surface area contributed by atoms with E-state index in [4.69, 9.17) is 0 Å². The fourth-order valence-corrected chi connectivity index (χ4v) is 4.72. The van der Waals surface area contributed by atoms with Crippen molar-refractivity contribution < 1.29 is 26.4 Å². The number of fused-ring (bicyclic) bond motifs is 3. The van der Waals surface area contributed by atoms with Gasteiger partial charge in [0.25, 0.3) is 15.9 Å². The normalized spacial score (nSPS) is 14.6. The average Bonchev–Trinajstić information content (AvgIpc) is 2.71. The molecule has 0 saturated heterocycles. The molecule has 3 aromatic rings. The van der Waals surface area contributed by atoms with Gasteiger partial charge in [0, 0.05) is 29.4 Å². The number of anilines is 2. The Balaban J connectivity index is 1.68. The number of benzene rings is 3. The number of nitrogens with zero attached hydrogens (tertiary/aromatic N) is 1. The SMILES string of the molecule is CN1c2ccc(C(=O)Nc3ccc(C(F)(F)F)cc3)cc2-c2ccccc2S1(=O)=O. The Morgan fingerprint density at radius 3 is 2.27 bits per heavy atom. The van der Waals surface area contributed by atoms with Crippen molar-refractivity contribution in [3.05, 3.63) is 77.9 Å². The first-order valence-electron chi connectivity index (χ1n) is 8.80. The van der Waals surface area contributed by atoms with Gasteiger partial charge >= 0.3 is 6.18 Å². The van der Waals surface area contributed by atoms with Crippen LogP contribution in [0.3, 0.4) is 0 Å². The molecular formula is C21H15F3N2O3S. The molecule has 0 radical (unpaired) electrons. The molecule has 1 N–H and O–H groups in total. The van der Waals surface area contributed by atoms with Gasteiger partial charge in [0.05, 0.1) is 16.1 Å². The molecule has 1 amide bonds. The van der Waals surface area contributed by atoms with Gasteiger partial charge in [0.15, 0.2) is 0 Å². The molecular weight excluding hydrogens is 417 g/mol. The van der Waals surface area contributed by atoms with E-state index in [1.807, 2.05) is 0 Å². The van der Waals surface area contributed by atoms with Crippen LogP contribution in [0.4, 0.5) is 24.5 Å². The van der Waals surface area contributed by atoms with E-state index in [0.29, 0.717) is 16.8 Å². The Labute approximate surface area is 170 Å². The zero-order valence-corrected chi connectivity index (χ0v) is 16.4. The second kappa shape index (κ2) is 6.88. The molecule has 1 heterocycles. The molecule has 4 rings (SSSR count). The van der Waals surface area contributed by atoms with Crippen molar-refractivity contribution in [1.29, 1.82) is 0 Å². The Kier molecular flexibility index (Phi) is 4.58. The summed E-state index contributed by atoms with van der Waals surface area (Å²) in [4.78, 5) is 12.8. The van der Waals surface area contributed by atoms with Crippen LogP contribution in [0.1, 0.15) is 15.9 Å². The lowest BCUT2D eigenvalue weighted by Gasteiger charge is -2.29. The molecule has 0 unspecified atom stereocenters. The number of hydrogen-bond acceptors (Lipinski definition) is 3. The molecule has 0 fully saturated rings. The van der Waals surface area contributed by atoms with Crippen LogP contribution >= 0.6 is 0 Å². The van der Waals surface area contributed by atoms with Gasteiger partial charge in [-0.1, -0.05) is 18.2 Å². The third-order valence-corrected chi connectivity index (χ3v) is 6.71. The summed E-state index contributed by atoms with van der Waals surface area (Å²) >= 11 is 0. The van der Waals surface area contributed by atoms with Crippen LogP contribution in [0.2, 0.25) is 0 Å². The summed E-state index contributed by atoms with van der Waals surface area (Å²) in [6, 6.07) is 15.2. The minimum Gasteiger partial charge on any atom is -0.322 e. The lowest BCUT2D eigenvalue weighted by Crippen LogP contribution is -2.30. The van der Waals surface area contributed by atoms with Gasteiger partial charge in [0.2, 0.25) is 0 Å². The van der Waals surface area contributed by atoms with E-state index in [9.17, 15) is 26.4 Å². The Hall–Kier alpha value is -3.33. The van der Waals surface area contributed by atoms with Crippen molar-refractivity contribution in [2.45, 2.75) is 11.1 Å². The van der Waals surface area contributed by atoms with Crippen molar-refractivity contribution in [3.8, 4) is 11.1 Å². The van der Waals surface area contributed by atoms with Crippen molar-refractivity contribution in [2.24, 2.45) is 0 Å². The third kappa shape index (κ3) is 3.30. The van der Waals surface area contributed by atoms with Crippen LogP contribution in [0.25, 0.3) is 11.1 Å². The number of amides is 1. The van der Waals surface area contributed by atoms with Gasteiger partial charge in [-0.3, -0.25) is 9.10 Å². The van der Waals surface area contributed by atoms with E-state index in [1.54, 1.807) is 24.3 Å². The van der Waals surface area contributed by atoms with Crippen LogP contribution in [0, 0.1) is 0 Å². The first-order chi connectivity index (χ1) is 14.1. The molecule has 5 nitrogen and oxygen atoms in total. The van der Waals surface area contributed by atoms with Gasteiger partial charge in [-0.05, 0) is 48.5 Å². The van der Waals surface area contributed by atoms with Crippen LogP contribution < -0.4 is 9.62 Å². The summed E-state index contributed by atoms with van der Waals surface area (Å²) in [5.41, 5.74) is 1.13. The van der Waals surface area contributed by atoms with E-state index < -0.39 is 27.7 Å². The van der Waals surface area contributed by atoms with Crippen LogP contribution in [0.15, 0.2) is 71.6 Å². The maximum absolute atomic E-state index is 12.7. The Morgan fingerprint density at radius 2 is 1.60 bits per heavy atom. The minimum absolute atomic E-state index is 0.139. The zero-order chi connectivity index (χ0) is 21.7. The Morgan fingerprint density at radius 1 is 0.933 bits per heavy atom. The maximum Gasteiger partial charge on any atom is 0.416 e. The highest BCUT2D eigenvalue weighted by molar-refractivity contribution is 7.93. The second-order valence-electron chi connectivity index (χ2n) is 6.73. The standard InChI is InChI=1S/C21H15F3N2O3S/c1-26-18-11-6-13(12-17(18)16-4-2-3-5-19(16)30(26,28)29)20(27)25-15-9-7-14(8-10-15)21(22,23)24/h2-12H,1H3,(H,25,27). The maximum atomic E-state index is 12.7. The first kappa shape index (κ1) is 20.0. The van der Waals surface area contributed by atoms with Gasteiger partial charge in [-0.2, -0.15) is 13.2 Å². The molecule has 154 valence electrons. The molecule has 0 aromatic heterocycles. The van der Waals surface area contributed by atoms with Gasteiger partial charge in [-0.25, -0.2) is 8.42 Å². The predicted octanol–water partition coefficient (Wildman–Crippen LogP) is 4.76. The summed E-state index contributed by atoms with van der Waals surface area (Å²) < 4.78 is 64.6. The van der Waals surface area contributed by atoms with Gasteiger partial charge in [-0.15, -0.1) is 0 Å². The van der Waals surface area contributed by atoms with Crippen LogP contribution in [-0.2, 0) is 16.2 Å². The number of carbonyl (C=O) groups is 1. The van der Waals surface area contributed by atoms with E-state index in [-0.39, 0.29) is 16.1 Å². The molecule has 0 aliphatic carbocycles. The fraction of sp³-hybridized carbons (Fsp3) is 0.0952. The largest absolute Gasteiger partial charge is 0.416 e. The highest BCUT2D eigenvalue weighted by atomic mass is 32.2. The smallest absolute Gasteiger partial charge is 0.322 e. The summed E-state index contributed by atoms with van der Waals surface area (Å²) in [7, 11) is -2.25. The molecule has 0 bridgehead atoms. The zero-order valence-electron chi connectivity index (χ0n) is 15.6. The minimum atomic E-state index is -4.46. The van der Waals surface area contributed by atoms with Gasteiger partial charge < -0.3 is 5.32 Å². The van der Waals surface area contributed by atoms with Crippen molar-refractivity contribution >= 4 is 27.3 Å². The fourth-order valence-electron chi connectivity index (χ4n) is 3.30. The number of nitrogens with one attached hydrogen (secondary N) is 1. The number of rotatable bonds is 2. The second-order valence-corrected chi connectivity index (χ2v) is 8.67. The predicted molar refractivity (Wildman–Crippen MR) is 107 cm³/mol. The molecule has 0 atom stereocenters. The molecule has 0 spiro atoms. The van der Waals surface area contributed by atoms with Crippen molar-refractivity contribution in [3.63, 3.8) is 0 Å². The quantitative estimate of drug-likeness (QED) is 0.635. The first-order valence-corrected chi connectivity index (χ1v) is 10.2. The Bertz CT molecular complexity index is 1250. The van der Waals surface area contributed by atoms with E-state index in [0.717, 1.165) is 16.4 Å². The van der Waals surface area contributed by atoms with E-state index in [2.05, 4.69) is 5.32 Å². The highest BCUT2D eigenvalue weighted by Gasteiger charge is 2.33. The van der Waals surface area contributed by atoms with Crippen molar-refractivity contribution in [2.75, 3.05) is 16.7 Å². The van der Waals surface area contributed by atoms with Crippen molar-refractivity contribution in [1.82, 2.24) is 0 Å². The monoisotopic (exact) mass is 432 g/mol. The molecule has 0 saturated carbocycles. The summed E-state index contributed by atoms with van der Waals surface area (Å²) in [5, 5.41) is 2.56. The van der Waals surface area contributed by atoms with Crippen LogP contribution in [0.5, 0.6) is 0 Å². The highest BCUT2D eigenvalue weighted by Crippen LogP contribution is 2.42. The average molecular weight is 432 g/mol. The number of halogens is 3.